The summed E-state index contributed by atoms with van der Waals surface area (Å²) in [7, 11) is 20.7. The van der Waals surface area contributed by atoms with Gasteiger partial charge >= 0.3 is 98.7 Å². The molecule has 24 nitrogen and oxygen atoms in total. The molecule has 10 rings (SSSR count). The van der Waals surface area contributed by atoms with Gasteiger partial charge in [-0.1, -0.05) is 0 Å². The summed E-state index contributed by atoms with van der Waals surface area (Å²) in [6.07, 6.45) is 12.8. The Hall–Kier alpha value is -7.72. The molecule has 0 saturated carbocycles. The number of likely N-dealkylation sites (N-methyl/N-ethyl adjacent to an activating group) is 1. The van der Waals surface area contributed by atoms with Crippen molar-refractivity contribution in [2.75, 3.05) is 86.6 Å². The molecule has 25 heteroatoms. The number of nitrogens with zero attached hydrogens (tertiary/aromatic N) is 16. The summed E-state index contributed by atoms with van der Waals surface area (Å²) in [6, 6.07) is 2.14. The zero-order valence-corrected chi connectivity index (χ0v) is 45.2. The molecule has 0 aromatic carbocycles. The third kappa shape index (κ3) is 11.2. The molecule has 0 amide bonds. The molecule has 10 heterocycles. The molecule has 0 saturated heterocycles. The van der Waals surface area contributed by atoms with Crippen LogP contribution in [0, 0.1) is 24.4 Å². The Kier molecular flexibility index (Phi) is 17.0. The van der Waals surface area contributed by atoms with E-state index in [1.807, 2.05) is 91.9 Å². The molecule has 0 fully saturated rings. The van der Waals surface area contributed by atoms with Crippen molar-refractivity contribution in [3.63, 3.8) is 0 Å². The van der Waals surface area contributed by atoms with Crippen molar-refractivity contribution in [3.8, 4) is 0 Å². The van der Waals surface area contributed by atoms with Crippen LogP contribution in [0.1, 0.15) is 29.3 Å². The first-order valence-electron chi connectivity index (χ1n) is 22.1. The normalized spacial score (nSPS) is 12.4. The number of hydrogen-bond donors (Lipinski definition) is 8. The number of aryl methyl sites for hydroxylation is 7. The second-order valence-electron chi connectivity index (χ2n) is 15.8. The number of hydrogen-bond acceptors (Lipinski definition) is 20. The maximum Gasteiger partial charge on any atom is 0.163 e. The Bertz CT molecular complexity index is 3260. The number of imidazole rings is 1. The number of aromatic nitrogens is 16. The second kappa shape index (κ2) is 23.1. The van der Waals surface area contributed by atoms with E-state index in [2.05, 4.69) is 146 Å². The van der Waals surface area contributed by atoms with E-state index in [9.17, 15) is 0 Å². The zero-order chi connectivity index (χ0) is 50.8. The fourth-order valence-electron chi connectivity index (χ4n) is 7.51. The van der Waals surface area contributed by atoms with E-state index in [1.54, 1.807) is 31.4 Å². The van der Waals surface area contributed by atoms with E-state index in [0.29, 0.717) is 17.8 Å². The van der Waals surface area contributed by atoms with Gasteiger partial charge in [-0.15, -0.1) is 0 Å². The van der Waals surface area contributed by atoms with Crippen molar-refractivity contribution < 1.29 is 19.4 Å². The van der Waals surface area contributed by atoms with Gasteiger partial charge in [0.05, 0.1) is 22.8 Å². The molecular formula is C45H62N24W. The molecule has 1 atom stereocenters. The Morgan fingerprint density at radius 3 is 1.84 bits per heavy atom. The Balaban J connectivity index is 0.000000144. The number of fused-ring (bicyclic) bond motifs is 5. The van der Waals surface area contributed by atoms with E-state index in [1.165, 1.54) is 46.1 Å². The Labute approximate surface area is 416 Å². The van der Waals surface area contributed by atoms with Crippen LogP contribution in [-0.2, 0) is 47.5 Å². The molecule has 1 unspecified atom stereocenters. The van der Waals surface area contributed by atoms with Gasteiger partial charge < -0.3 is 41.0 Å². The predicted octanol–water partition coefficient (Wildman–Crippen LogP) is 4.77. The Morgan fingerprint density at radius 2 is 1.20 bits per heavy atom. The quantitative estimate of drug-likeness (QED) is 0.107. The van der Waals surface area contributed by atoms with Crippen molar-refractivity contribution >= 4 is 91.5 Å². The van der Waals surface area contributed by atoms with Crippen molar-refractivity contribution in [1.29, 1.82) is 0 Å². The van der Waals surface area contributed by atoms with Gasteiger partial charge in [-0.05, 0) is 45.0 Å². The average Bonchev–Trinajstić information content (AvgIpc) is 4.02. The minimum atomic E-state index is 0.150. The predicted molar refractivity (Wildman–Crippen MR) is 277 cm³/mol. The van der Waals surface area contributed by atoms with Crippen LogP contribution in [0.5, 0.6) is 0 Å². The summed E-state index contributed by atoms with van der Waals surface area (Å²) in [5.74, 6) is 5.20. The number of anilines is 7. The first-order chi connectivity index (χ1) is 33.6. The SMILES string of the molecule is CNc1nc(NC)c2ncn(C)c2n1.CNc1ncc2c(n1)NC(NC)C(C)=C2.CNc1ncc2cc(C)[c](=[W])n(C)c2n1.CNc1ncnc2c1c(C)cn2C.CNc1ncnc2c1c(C)nn2C. The van der Waals surface area contributed by atoms with Gasteiger partial charge in [-0.25, -0.2) is 29.9 Å². The molecular weight excluding hydrogens is 1060 g/mol. The summed E-state index contributed by atoms with van der Waals surface area (Å²) in [6.45, 7) is 8.20. The molecule has 368 valence electrons. The molecule has 9 aromatic heterocycles. The average molecular weight is 1120 g/mol. The van der Waals surface area contributed by atoms with Crippen LogP contribution in [0.4, 0.5) is 41.1 Å². The van der Waals surface area contributed by atoms with E-state index in [0.717, 1.165) is 78.8 Å². The third-order valence-corrected chi connectivity index (χ3v) is 13.2. The van der Waals surface area contributed by atoms with Crippen molar-refractivity contribution in [2.45, 2.75) is 33.9 Å². The fourth-order valence-corrected chi connectivity index (χ4v) is 8.04. The molecule has 0 spiro atoms. The van der Waals surface area contributed by atoms with Crippen LogP contribution in [0.2, 0.25) is 0 Å². The molecule has 0 bridgehead atoms. The van der Waals surface area contributed by atoms with Gasteiger partial charge in [-0.3, -0.25) is 10.00 Å². The Morgan fingerprint density at radius 1 is 0.586 bits per heavy atom. The molecule has 9 aromatic rings. The van der Waals surface area contributed by atoms with Crippen LogP contribution in [-0.4, -0.2) is 134 Å². The smallest absolute Gasteiger partial charge is 0.163 e. The van der Waals surface area contributed by atoms with Gasteiger partial charge in [0.15, 0.2) is 22.6 Å². The minimum Gasteiger partial charge on any atom is -0.372 e. The molecule has 0 aliphatic carbocycles. The standard InChI is InChI=1S/C10H15N5.C10H12N4.C9H12N4.C8H12N6.C8H11N5.W/c1-6-4-7-5-13-10(12-3)15-9(7)14-8(6)11-2;1-7-4-8-5-12-10(11-2)13-9(8)14(3)6-7;1-6-4-13(3)9-7(6)8(10-2)11-5-12-9;1-9-6-5-7(14(3)4-11-5)13-8(10-2)12-6;1-5-6-7(9-2)10-4-11-8(6)13(3)12-5;/h4-5,8,11H,1-3H3,(H2,12,13,14,15);4-5H,1-3H3,(H,11,12,13);4-5H,1-3H3,(H,10,11,12);4H,1-3H3,(H2,9,10,12,13);4H,1-3H3,(H,9,10,11);. The van der Waals surface area contributed by atoms with Gasteiger partial charge in [0.2, 0.25) is 11.9 Å². The van der Waals surface area contributed by atoms with Crippen LogP contribution >= 0.6 is 0 Å². The molecule has 0 radical (unpaired) electrons. The molecule has 8 N–H and O–H groups in total. The summed E-state index contributed by atoms with van der Waals surface area (Å²) in [4.78, 5) is 46.6. The van der Waals surface area contributed by atoms with Gasteiger partial charge in [0, 0.05) is 74.3 Å². The van der Waals surface area contributed by atoms with Crippen LogP contribution in [0.15, 0.2) is 49.2 Å². The van der Waals surface area contributed by atoms with Gasteiger partial charge in [0.25, 0.3) is 0 Å². The van der Waals surface area contributed by atoms with Crippen LogP contribution in [0.25, 0.3) is 50.3 Å². The fraction of sp³-hybridized carbons (Fsp3) is 0.356. The second-order valence-corrected chi connectivity index (χ2v) is 17.2. The van der Waals surface area contributed by atoms with E-state index in [-0.39, 0.29) is 6.17 Å². The van der Waals surface area contributed by atoms with Gasteiger partial charge in [-0.2, -0.15) is 20.1 Å². The van der Waals surface area contributed by atoms with Crippen LogP contribution in [0.3, 0.4) is 0 Å². The summed E-state index contributed by atoms with van der Waals surface area (Å²) >= 11 is 1.46. The van der Waals surface area contributed by atoms with E-state index in [4.69, 9.17) is 0 Å². The maximum absolute atomic E-state index is 4.45. The summed E-state index contributed by atoms with van der Waals surface area (Å²) in [5.41, 5.74) is 10.1. The molecule has 1 aliphatic rings. The number of rotatable bonds is 7. The minimum absolute atomic E-state index is 0.150. The molecule has 70 heavy (non-hydrogen) atoms. The van der Waals surface area contributed by atoms with E-state index < -0.39 is 0 Å². The van der Waals surface area contributed by atoms with E-state index >= 15 is 0 Å². The molecule has 1 aliphatic heterocycles. The maximum atomic E-state index is 4.45. The summed E-state index contributed by atoms with van der Waals surface area (Å²) in [5, 5.41) is 31.8. The number of nitrogens with one attached hydrogen (secondary N) is 8. The first-order valence-corrected chi connectivity index (χ1v) is 23.6. The first kappa shape index (κ1) is 51.7. The monoisotopic (exact) mass is 1120 g/mol. The van der Waals surface area contributed by atoms with Crippen molar-refractivity contribution in [2.24, 2.45) is 28.2 Å². The van der Waals surface area contributed by atoms with Crippen molar-refractivity contribution in [1.82, 2.24) is 83.6 Å². The summed E-state index contributed by atoms with van der Waals surface area (Å²) < 4.78 is 9.06. The number of pyridine rings is 1. The third-order valence-electron chi connectivity index (χ3n) is 11.0. The van der Waals surface area contributed by atoms with Gasteiger partial charge in [0.1, 0.15) is 41.9 Å². The van der Waals surface area contributed by atoms with Crippen molar-refractivity contribution in [3.05, 3.63) is 75.3 Å². The zero-order valence-electron chi connectivity index (χ0n) is 42.3. The topological polar surface area (TPSA) is 271 Å². The van der Waals surface area contributed by atoms with Crippen LogP contribution < -0.4 is 42.5 Å². The largest absolute Gasteiger partial charge is 0.372 e.